The first-order valence-corrected chi connectivity index (χ1v) is 6.69. The maximum atomic E-state index is 13.7. The van der Waals surface area contributed by atoms with E-state index in [0.29, 0.717) is 11.1 Å². The van der Waals surface area contributed by atoms with Crippen molar-refractivity contribution in [3.8, 4) is 5.75 Å². The van der Waals surface area contributed by atoms with E-state index in [0.717, 1.165) is 0 Å². The Morgan fingerprint density at radius 1 is 1.05 bits per heavy atom. The van der Waals surface area contributed by atoms with E-state index in [4.69, 9.17) is 4.74 Å². The van der Waals surface area contributed by atoms with Crippen LogP contribution in [0.25, 0.3) is 0 Å². The molecule has 21 heavy (non-hydrogen) atoms. The van der Waals surface area contributed by atoms with Gasteiger partial charge in [0.2, 0.25) is 0 Å². The maximum absolute atomic E-state index is 13.7. The van der Waals surface area contributed by atoms with Crippen molar-refractivity contribution in [1.29, 1.82) is 0 Å². The molecule has 1 atom stereocenters. The van der Waals surface area contributed by atoms with Gasteiger partial charge in [0.15, 0.2) is 11.6 Å². The molecule has 112 valence electrons. The Morgan fingerprint density at radius 2 is 1.76 bits per heavy atom. The summed E-state index contributed by atoms with van der Waals surface area (Å²) in [7, 11) is 1.40. The lowest BCUT2D eigenvalue weighted by molar-refractivity contribution is 0.0598. The quantitative estimate of drug-likeness (QED) is 0.914. The third-order valence-corrected chi connectivity index (χ3v) is 3.33. The van der Waals surface area contributed by atoms with Crippen molar-refractivity contribution in [2.45, 2.75) is 25.4 Å². The summed E-state index contributed by atoms with van der Waals surface area (Å²) >= 11 is 0. The Labute approximate surface area is 123 Å². The van der Waals surface area contributed by atoms with Crippen molar-refractivity contribution in [3.05, 3.63) is 65.2 Å². The largest absolute Gasteiger partial charge is 0.494 e. The van der Waals surface area contributed by atoms with Crippen LogP contribution < -0.4 is 4.74 Å². The molecule has 1 unspecified atom stereocenters. The van der Waals surface area contributed by atoms with Crippen molar-refractivity contribution >= 4 is 0 Å². The first-order chi connectivity index (χ1) is 9.91. The fourth-order valence-electron chi connectivity index (χ4n) is 2.37. The van der Waals surface area contributed by atoms with Gasteiger partial charge in [0.05, 0.1) is 12.7 Å². The smallest absolute Gasteiger partial charge is 0.165 e. The number of benzene rings is 2. The first kappa shape index (κ1) is 15.4. The van der Waals surface area contributed by atoms with Gasteiger partial charge in [-0.1, -0.05) is 24.3 Å². The van der Waals surface area contributed by atoms with Crippen LogP contribution >= 0.6 is 0 Å². The van der Waals surface area contributed by atoms with Crippen LogP contribution in [0.3, 0.4) is 0 Å². The van der Waals surface area contributed by atoms with Crippen LogP contribution in [0.2, 0.25) is 0 Å². The minimum Gasteiger partial charge on any atom is -0.494 e. The molecule has 2 aromatic rings. The molecule has 2 nitrogen and oxygen atoms in total. The molecule has 4 heteroatoms. The van der Waals surface area contributed by atoms with Crippen LogP contribution in [0.4, 0.5) is 8.78 Å². The molecule has 2 aromatic carbocycles. The lowest BCUT2D eigenvalue weighted by atomic mass is 9.89. The molecule has 0 heterocycles. The van der Waals surface area contributed by atoms with Gasteiger partial charge in [-0.25, -0.2) is 8.78 Å². The van der Waals surface area contributed by atoms with Crippen molar-refractivity contribution in [3.63, 3.8) is 0 Å². The van der Waals surface area contributed by atoms with E-state index in [1.165, 1.54) is 25.3 Å². The average Bonchev–Trinajstić information content (AvgIpc) is 2.41. The SMILES string of the molecule is COc1ccc(CC(C)(O)Cc2ccccc2F)cc1F. The van der Waals surface area contributed by atoms with Gasteiger partial charge in [-0.3, -0.25) is 0 Å². The Bertz CT molecular complexity index is 624. The zero-order chi connectivity index (χ0) is 15.5. The topological polar surface area (TPSA) is 29.5 Å². The lowest BCUT2D eigenvalue weighted by Crippen LogP contribution is -2.30. The molecule has 0 aromatic heterocycles. The molecule has 2 rings (SSSR count). The monoisotopic (exact) mass is 292 g/mol. The molecule has 0 aliphatic heterocycles. The highest BCUT2D eigenvalue weighted by Gasteiger charge is 2.23. The predicted molar refractivity (Wildman–Crippen MR) is 77.4 cm³/mol. The molecule has 0 radical (unpaired) electrons. The molecule has 0 fully saturated rings. The molecular formula is C17H18F2O2. The van der Waals surface area contributed by atoms with Crippen LogP contribution in [0.1, 0.15) is 18.1 Å². The van der Waals surface area contributed by atoms with Crippen LogP contribution in [0.15, 0.2) is 42.5 Å². The first-order valence-electron chi connectivity index (χ1n) is 6.69. The molecule has 0 spiro atoms. The van der Waals surface area contributed by atoms with Crippen molar-refractivity contribution < 1.29 is 18.6 Å². The molecule has 0 amide bonds. The number of methoxy groups -OCH3 is 1. The number of ether oxygens (including phenoxy) is 1. The molecule has 0 saturated heterocycles. The molecule has 0 aliphatic carbocycles. The van der Waals surface area contributed by atoms with Crippen LogP contribution in [0, 0.1) is 11.6 Å². The average molecular weight is 292 g/mol. The summed E-state index contributed by atoms with van der Waals surface area (Å²) in [6.07, 6.45) is 0.384. The van der Waals surface area contributed by atoms with E-state index in [2.05, 4.69) is 0 Å². The number of aliphatic hydroxyl groups is 1. The van der Waals surface area contributed by atoms with Crippen LogP contribution in [0.5, 0.6) is 5.75 Å². The standard InChI is InChI=1S/C17H18F2O2/c1-17(20,11-13-5-3-4-6-14(13)18)10-12-7-8-16(21-2)15(19)9-12/h3-9,20H,10-11H2,1-2H3. The van der Waals surface area contributed by atoms with Gasteiger partial charge in [0, 0.05) is 12.8 Å². The Hall–Kier alpha value is -1.94. The summed E-state index contributed by atoms with van der Waals surface area (Å²) in [5, 5.41) is 10.4. The van der Waals surface area contributed by atoms with Gasteiger partial charge < -0.3 is 9.84 Å². The maximum Gasteiger partial charge on any atom is 0.165 e. The van der Waals surface area contributed by atoms with E-state index < -0.39 is 11.4 Å². The summed E-state index contributed by atoms with van der Waals surface area (Å²) in [6, 6.07) is 10.9. The fourth-order valence-corrected chi connectivity index (χ4v) is 2.37. The molecular weight excluding hydrogens is 274 g/mol. The van der Waals surface area contributed by atoms with E-state index in [9.17, 15) is 13.9 Å². The van der Waals surface area contributed by atoms with Crippen molar-refractivity contribution in [2.75, 3.05) is 7.11 Å². The van der Waals surface area contributed by atoms with E-state index in [-0.39, 0.29) is 24.4 Å². The summed E-state index contributed by atoms with van der Waals surface area (Å²) in [4.78, 5) is 0. The van der Waals surface area contributed by atoms with Gasteiger partial charge in [0.25, 0.3) is 0 Å². The summed E-state index contributed by atoms with van der Waals surface area (Å²) in [5.41, 5.74) is -0.0884. The van der Waals surface area contributed by atoms with Gasteiger partial charge in [-0.05, 0) is 36.2 Å². The van der Waals surface area contributed by atoms with Gasteiger partial charge in [-0.15, -0.1) is 0 Å². The summed E-state index contributed by atoms with van der Waals surface area (Å²) < 4.78 is 32.1. The number of hydrogen-bond donors (Lipinski definition) is 1. The van der Waals surface area contributed by atoms with Crippen LogP contribution in [-0.4, -0.2) is 17.8 Å². The summed E-state index contributed by atoms with van der Waals surface area (Å²) in [5.74, 6) is -0.664. The van der Waals surface area contributed by atoms with Crippen LogP contribution in [-0.2, 0) is 12.8 Å². The highest BCUT2D eigenvalue weighted by atomic mass is 19.1. The number of halogens is 2. The van der Waals surface area contributed by atoms with E-state index in [1.807, 2.05) is 0 Å². The van der Waals surface area contributed by atoms with Crippen molar-refractivity contribution in [1.82, 2.24) is 0 Å². The number of rotatable bonds is 5. The Morgan fingerprint density at radius 3 is 2.38 bits per heavy atom. The fraction of sp³-hybridized carbons (Fsp3) is 0.294. The Kier molecular flexibility index (Phi) is 4.58. The van der Waals surface area contributed by atoms with Gasteiger partial charge in [-0.2, -0.15) is 0 Å². The molecule has 0 aliphatic rings. The second kappa shape index (κ2) is 6.22. The zero-order valence-corrected chi connectivity index (χ0v) is 12.1. The molecule has 1 N–H and O–H groups in total. The van der Waals surface area contributed by atoms with Gasteiger partial charge in [0.1, 0.15) is 5.82 Å². The van der Waals surface area contributed by atoms with Gasteiger partial charge >= 0.3 is 0 Å². The number of hydrogen-bond acceptors (Lipinski definition) is 2. The van der Waals surface area contributed by atoms with E-state index >= 15 is 0 Å². The minimum absolute atomic E-state index is 0.160. The zero-order valence-electron chi connectivity index (χ0n) is 12.1. The minimum atomic E-state index is -1.16. The third-order valence-electron chi connectivity index (χ3n) is 3.33. The summed E-state index contributed by atoms with van der Waals surface area (Å²) in [6.45, 7) is 1.61. The molecule has 0 saturated carbocycles. The highest BCUT2D eigenvalue weighted by molar-refractivity contribution is 5.30. The molecule has 0 bridgehead atoms. The normalized spacial score (nSPS) is 13.8. The second-order valence-electron chi connectivity index (χ2n) is 5.41. The predicted octanol–water partition coefficient (Wildman–Crippen LogP) is 3.51. The van der Waals surface area contributed by atoms with E-state index in [1.54, 1.807) is 31.2 Å². The second-order valence-corrected chi connectivity index (χ2v) is 5.41. The Balaban J connectivity index is 2.14. The lowest BCUT2D eigenvalue weighted by Gasteiger charge is -2.24. The third kappa shape index (κ3) is 4.02. The van der Waals surface area contributed by atoms with Crippen molar-refractivity contribution in [2.24, 2.45) is 0 Å². The highest BCUT2D eigenvalue weighted by Crippen LogP contribution is 2.23.